The van der Waals surface area contributed by atoms with Crippen LogP contribution in [0.4, 0.5) is 0 Å². The summed E-state index contributed by atoms with van der Waals surface area (Å²) in [6, 6.07) is 0. The Morgan fingerprint density at radius 3 is 1.11 bits per heavy atom. The van der Waals surface area contributed by atoms with Crippen molar-refractivity contribution in [3.8, 4) is 0 Å². The van der Waals surface area contributed by atoms with Gasteiger partial charge in [0.15, 0.2) is 0 Å². The third-order valence-electron chi connectivity index (χ3n) is 3.49. The standard InChI is InChI=1S/C7H18N3.C7H18P/c1-8(2)7(9(3)4)10(5)6;1-5-8(4,6-2)7-3/h1-6H3;5-7H2,1-4H3/q2*+1. The third kappa shape index (κ3) is 7.92. The van der Waals surface area contributed by atoms with E-state index in [9.17, 15) is 0 Å². The van der Waals surface area contributed by atoms with Crippen LogP contribution in [0.25, 0.3) is 0 Å². The van der Waals surface area contributed by atoms with Gasteiger partial charge in [-0.25, -0.2) is 0 Å². The van der Waals surface area contributed by atoms with E-state index < -0.39 is 7.26 Å². The predicted octanol–water partition coefficient (Wildman–Crippen LogP) is 2.43. The molecule has 18 heavy (non-hydrogen) atoms. The van der Waals surface area contributed by atoms with Crippen LogP contribution in [-0.4, -0.2) is 87.8 Å². The molecular weight excluding hydrogens is 241 g/mol. The van der Waals surface area contributed by atoms with Crippen LogP contribution >= 0.6 is 7.26 Å². The first-order chi connectivity index (χ1) is 8.15. The van der Waals surface area contributed by atoms with E-state index in [1.54, 1.807) is 0 Å². The first-order valence-corrected chi connectivity index (χ1v) is 9.66. The molecule has 0 radical (unpaired) electrons. The van der Waals surface area contributed by atoms with Gasteiger partial charge in [0.1, 0.15) is 0 Å². The van der Waals surface area contributed by atoms with E-state index >= 15 is 0 Å². The minimum Gasteiger partial charge on any atom is -0.270 e. The minimum absolute atomic E-state index is 0.412. The van der Waals surface area contributed by atoms with Crippen molar-refractivity contribution in [1.29, 1.82) is 0 Å². The van der Waals surface area contributed by atoms with Gasteiger partial charge in [-0.15, -0.1) is 0 Å². The zero-order valence-electron chi connectivity index (χ0n) is 14.4. The maximum atomic E-state index is 2.47. The van der Waals surface area contributed by atoms with Crippen molar-refractivity contribution in [1.82, 2.24) is 9.80 Å². The zero-order chi connectivity index (χ0) is 14.9. The Balaban J connectivity index is 0. The van der Waals surface area contributed by atoms with E-state index in [0.29, 0.717) is 0 Å². The van der Waals surface area contributed by atoms with Gasteiger partial charge in [-0.1, -0.05) is 0 Å². The van der Waals surface area contributed by atoms with Crippen LogP contribution in [0.5, 0.6) is 0 Å². The Bertz CT molecular complexity index is 221. The average molecular weight is 277 g/mol. The predicted molar refractivity (Wildman–Crippen MR) is 89.0 cm³/mol. The Kier molecular flexibility index (Phi) is 10.7. The summed E-state index contributed by atoms with van der Waals surface area (Å²) in [4.78, 5) is 4.17. The molecule has 0 aliphatic heterocycles. The van der Waals surface area contributed by atoms with Crippen LogP contribution in [0, 0.1) is 0 Å². The molecule has 0 saturated heterocycles. The number of hydrogen-bond acceptors (Lipinski definition) is 0. The van der Waals surface area contributed by atoms with Gasteiger partial charge in [0.25, 0.3) is 0 Å². The Morgan fingerprint density at radius 2 is 1.11 bits per heavy atom. The van der Waals surface area contributed by atoms with Gasteiger partial charge in [0.2, 0.25) is 0 Å². The number of nitrogens with zero attached hydrogens (tertiary/aromatic N) is 3. The summed E-state index contributed by atoms with van der Waals surface area (Å²) in [5, 5.41) is 0. The number of guanidine groups is 1. The first kappa shape index (κ1) is 20.0. The average Bonchev–Trinajstić information content (AvgIpc) is 2.27. The van der Waals surface area contributed by atoms with Gasteiger partial charge in [-0.3, -0.25) is 14.4 Å². The molecule has 0 bridgehead atoms. The molecule has 0 fully saturated rings. The molecule has 0 amide bonds. The molecule has 0 N–H and O–H groups in total. The lowest BCUT2D eigenvalue weighted by Crippen LogP contribution is -2.40. The van der Waals surface area contributed by atoms with Crippen LogP contribution in [0.3, 0.4) is 0 Å². The van der Waals surface area contributed by atoms with E-state index in [1.165, 1.54) is 24.4 Å². The molecule has 4 heteroatoms. The van der Waals surface area contributed by atoms with Crippen molar-refractivity contribution >= 4 is 13.2 Å². The normalized spacial score (nSPS) is 10.3. The fourth-order valence-corrected chi connectivity index (χ4v) is 3.21. The van der Waals surface area contributed by atoms with E-state index in [1.807, 2.05) is 42.3 Å². The van der Waals surface area contributed by atoms with Gasteiger partial charge in [0, 0.05) is 13.9 Å². The molecule has 0 aromatic heterocycles. The summed E-state index contributed by atoms with van der Waals surface area (Å²) in [5.74, 6) is 1.19. The van der Waals surface area contributed by atoms with Crippen molar-refractivity contribution in [3.63, 3.8) is 0 Å². The van der Waals surface area contributed by atoms with Gasteiger partial charge in [-0.05, 0) is 20.8 Å². The third-order valence-corrected chi connectivity index (χ3v) is 8.07. The Morgan fingerprint density at radius 1 is 0.833 bits per heavy atom. The molecule has 0 heterocycles. The molecule has 3 nitrogen and oxygen atoms in total. The molecule has 0 aromatic carbocycles. The SMILES string of the molecule is CC[P+](C)(CC)CC.CN(C)C(N(C)C)=[N+](C)C. The highest BCUT2D eigenvalue weighted by atomic mass is 31.2. The molecule has 0 spiro atoms. The molecular formula is C14H36N3P+2. The van der Waals surface area contributed by atoms with Crippen molar-refractivity contribution in [3.05, 3.63) is 0 Å². The largest absolute Gasteiger partial charge is 0.349 e. The van der Waals surface area contributed by atoms with E-state index in [-0.39, 0.29) is 0 Å². The topological polar surface area (TPSA) is 9.49 Å². The lowest BCUT2D eigenvalue weighted by atomic mass is 10.7. The Labute approximate surface area is 116 Å². The molecule has 0 aromatic rings. The van der Waals surface area contributed by atoms with Gasteiger partial charge < -0.3 is 0 Å². The number of rotatable bonds is 3. The highest BCUT2D eigenvalue weighted by molar-refractivity contribution is 7.75. The van der Waals surface area contributed by atoms with Crippen LogP contribution in [-0.2, 0) is 0 Å². The van der Waals surface area contributed by atoms with E-state index in [4.69, 9.17) is 0 Å². The molecule has 0 rings (SSSR count). The molecule has 110 valence electrons. The van der Waals surface area contributed by atoms with Crippen LogP contribution in [0.15, 0.2) is 0 Å². The molecule has 0 atom stereocenters. The minimum atomic E-state index is -0.412. The fourth-order valence-electron chi connectivity index (χ4n) is 1.87. The highest BCUT2D eigenvalue weighted by Gasteiger charge is 2.22. The smallest absolute Gasteiger partial charge is 0.270 e. The summed E-state index contributed by atoms with van der Waals surface area (Å²) in [5.41, 5.74) is 0. The van der Waals surface area contributed by atoms with Gasteiger partial charge >= 0.3 is 5.96 Å². The second-order valence-electron chi connectivity index (χ2n) is 5.55. The quantitative estimate of drug-likeness (QED) is 0.339. The van der Waals surface area contributed by atoms with E-state index in [0.717, 1.165) is 0 Å². The lowest BCUT2D eigenvalue weighted by Gasteiger charge is -2.16. The molecule has 0 unspecified atom stereocenters. The zero-order valence-corrected chi connectivity index (χ0v) is 15.3. The van der Waals surface area contributed by atoms with Gasteiger partial charge in [0.05, 0.1) is 60.8 Å². The maximum Gasteiger partial charge on any atom is 0.349 e. The van der Waals surface area contributed by atoms with Crippen LogP contribution < -0.4 is 0 Å². The Hall–Kier alpha value is -0.300. The van der Waals surface area contributed by atoms with Gasteiger partial charge in [-0.2, -0.15) is 0 Å². The number of hydrogen-bond donors (Lipinski definition) is 0. The molecule has 0 aliphatic rings. The lowest BCUT2D eigenvalue weighted by molar-refractivity contribution is -0.475. The summed E-state index contributed by atoms with van der Waals surface area (Å²) in [6.07, 6.45) is 4.29. The molecule has 0 saturated carbocycles. The summed E-state index contributed by atoms with van der Waals surface area (Å²) in [7, 11) is 11.8. The second-order valence-corrected chi connectivity index (χ2v) is 10.7. The first-order valence-electron chi connectivity index (χ1n) is 6.87. The van der Waals surface area contributed by atoms with E-state index in [2.05, 4.69) is 41.8 Å². The monoisotopic (exact) mass is 277 g/mol. The fraction of sp³-hybridized carbons (Fsp3) is 0.929. The summed E-state index contributed by atoms with van der Waals surface area (Å²) >= 11 is 0. The highest BCUT2D eigenvalue weighted by Crippen LogP contribution is 2.53. The summed E-state index contributed by atoms with van der Waals surface area (Å²) in [6.45, 7) is 9.43. The van der Waals surface area contributed by atoms with Crippen molar-refractivity contribution in [2.45, 2.75) is 20.8 Å². The molecule has 0 aliphatic carbocycles. The maximum absolute atomic E-state index is 2.47. The van der Waals surface area contributed by atoms with Crippen LogP contribution in [0.1, 0.15) is 20.8 Å². The van der Waals surface area contributed by atoms with Crippen molar-refractivity contribution in [2.24, 2.45) is 0 Å². The van der Waals surface area contributed by atoms with Crippen molar-refractivity contribution in [2.75, 3.05) is 67.4 Å². The van der Waals surface area contributed by atoms with Crippen molar-refractivity contribution < 1.29 is 4.58 Å². The summed E-state index contributed by atoms with van der Waals surface area (Å²) < 4.78 is 2.08. The van der Waals surface area contributed by atoms with Crippen LogP contribution in [0.2, 0.25) is 0 Å². The second kappa shape index (κ2) is 9.61.